The Hall–Kier alpha value is -1.51. The number of carbonyl (C=O) groups excluding carboxylic acids is 1. The highest BCUT2D eigenvalue weighted by molar-refractivity contribution is 6.03. The molecular formula is C12H14O3. The third kappa shape index (κ3) is 1.39. The fraction of sp³-hybridized carbons (Fsp3) is 0.417. The molecule has 3 heteroatoms. The number of hydrogen-bond donors (Lipinski definition) is 0. The molecule has 2 rings (SSSR count). The molecule has 0 heterocycles. The molecule has 15 heavy (non-hydrogen) atoms. The van der Waals surface area contributed by atoms with Crippen molar-refractivity contribution in [1.29, 1.82) is 0 Å². The Morgan fingerprint density at radius 1 is 1.27 bits per heavy atom. The molecule has 0 bridgehead atoms. The number of methoxy groups -OCH3 is 2. The van der Waals surface area contributed by atoms with Crippen LogP contribution in [0.25, 0.3) is 0 Å². The summed E-state index contributed by atoms with van der Waals surface area (Å²) in [5.41, 5.74) is 1.76. The second kappa shape index (κ2) is 3.57. The number of rotatable bonds is 2. The van der Waals surface area contributed by atoms with Crippen LogP contribution in [0.3, 0.4) is 0 Å². The normalized spacial score (nSPS) is 18.9. The van der Waals surface area contributed by atoms with E-state index >= 15 is 0 Å². The van der Waals surface area contributed by atoms with Crippen molar-refractivity contribution < 1.29 is 14.3 Å². The zero-order valence-electron chi connectivity index (χ0n) is 9.16. The molecular weight excluding hydrogens is 192 g/mol. The van der Waals surface area contributed by atoms with Gasteiger partial charge in [0.05, 0.1) is 14.2 Å². The van der Waals surface area contributed by atoms with Crippen molar-refractivity contribution in [2.24, 2.45) is 5.92 Å². The molecule has 0 aliphatic heterocycles. The smallest absolute Gasteiger partial charge is 0.166 e. The largest absolute Gasteiger partial charge is 0.493 e. The van der Waals surface area contributed by atoms with E-state index in [0.29, 0.717) is 11.5 Å². The van der Waals surface area contributed by atoms with Crippen molar-refractivity contribution in [3.63, 3.8) is 0 Å². The summed E-state index contributed by atoms with van der Waals surface area (Å²) in [5, 5.41) is 0. The van der Waals surface area contributed by atoms with Crippen molar-refractivity contribution in [2.45, 2.75) is 13.3 Å². The van der Waals surface area contributed by atoms with Crippen LogP contribution in [-0.4, -0.2) is 20.0 Å². The van der Waals surface area contributed by atoms with Crippen LogP contribution < -0.4 is 9.47 Å². The summed E-state index contributed by atoms with van der Waals surface area (Å²) in [6, 6.07) is 3.61. The van der Waals surface area contributed by atoms with Crippen LogP contribution in [0.4, 0.5) is 0 Å². The van der Waals surface area contributed by atoms with Crippen molar-refractivity contribution in [3.05, 3.63) is 23.3 Å². The van der Waals surface area contributed by atoms with E-state index in [-0.39, 0.29) is 11.7 Å². The molecule has 1 aliphatic carbocycles. The molecule has 3 nitrogen and oxygen atoms in total. The lowest BCUT2D eigenvalue weighted by atomic mass is 10.1. The quantitative estimate of drug-likeness (QED) is 0.743. The maximum Gasteiger partial charge on any atom is 0.166 e. The molecule has 1 atom stereocenters. The first kappa shape index (κ1) is 10.0. The van der Waals surface area contributed by atoms with Crippen LogP contribution in [0, 0.1) is 5.92 Å². The van der Waals surface area contributed by atoms with Gasteiger partial charge in [-0.1, -0.05) is 6.92 Å². The summed E-state index contributed by atoms with van der Waals surface area (Å²) in [6.07, 6.45) is 0.745. The number of Topliss-reactive ketones (excluding diaryl/α,β-unsaturated/α-hetero) is 1. The Morgan fingerprint density at radius 2 is 2.00 bits per heavy atom. The fourth-order valence-corrected chi connectivity index (χ4v) is 2.09. The number of ether oxygens (including phenoxy) is 2. The van der Waals surface area contributed by atoms with E-state index in [0.717, 1.165) is 17.5 Å². The first-order valence-corrected chi connectivity index (χ1v) is 4.97. The summed E-state index contributed by atoms with van der Waals surface area (Å²) < 4.78 is 10.5. The monoisotopic (exact) mass is 206 g/mol. The first-order chi connectivity index (χ1) is 7.19. The van der Waals surface area contributed by atoms with Gasteiger partial charge in [-0.15, -0.1) is 0 Å². The molecule has 0 fully saturated rings. The minimum absolute atomic E-state index is 0.0565. The molecule has 0 radical (unpaired) electrons. The highest BCUT2D eigenvalue weighted by Gasteiger charge is 2.30. The molecule has 0 spiro atoms. The predicted octanol–water partition coefficient (Wildman–Crippen LogP) is 2.08. The van der Waals surface area contributed by atoms with Gasteiger partial charge < -0.3 is 9.47 Å². The lowest BCUT2D eigenvalue weighted by molar-refractivity contribution is 0.0946. The number of ketones is 1. The van der Waals surface area contributed by atoms with E-state index in [1.165, 1.54) is 0 Å². The Balaban J connectivity index is 2.59. The maximum atomic E-state index is 11.8. The van der Waals surface area contributed by atoms with Gasteiger partial charge in [0.1, 0.15) is 0 Å². The maximum absolute atomic E-state index is 11.8. The van der Waals surface area contributed by atoms with Crippen molar-refractivity contribution in [3.8, 4) is 11.5 Å². The minimum atomic E-state index is 0.0565. The molecule has 80 valence electrons. The predicted molar refractivity (Wildman–Crippen MR) is 56.7 cm³/mol. The summed E-state index contributed by atoms with van der Waals surface area (Å²) in [5.74, 6) is 1.65. The first-order valence-electron chi connectivity index (χ1n) is 4.97. The van der Waals surface area contributed by atoms with Crippen molar-refractivity contribution >= 4 is 5.78 Å². The van der Waals surface area contributed by atoms with Gasteiger partial charge in [-0.2, -0.15) is 0 Å². The number of carbonyl (C=O) groups is 1. The second-order valence-corrected chi connectivity index (χ2v) is 3.80. The van der Waals surface area contributed by atoms with Gasteiger partial charge in [-0.3, -0.25) is 4.79 Å². The number of benzene rings is 1. The number of fused-ring (bicyclic) bond motifs is 1. The van der Waals surface area contributed by atoms with Crippen LogP contribution in [0.5, 0.6) is 11.5 Å². The lowest BCUT2D eigenvalue weighted by Crippen LogP contribution is -2.02. The van der Waals surface area contributed by atoms with Gasteiger partial charge in [0.25, 0.3) is 0 Å². The van der Waals surface area contributed by atoms with Gasteiger partial charge in [-0.25, -0.2) is 0 Å². The molecule has 0 aromatic heterocycles. The average Bonchev–Trinajstić information content (AvgIpc) is 2.54. The van der Waals surface area contributed by atoms with Crippen LogP contribution in [0.15, 0.2) is 12.1 Å². The third-order valence-corrected chi connectivity index (χ3v) is 2.87. The standard InChI is InChI=1S/C12H14O3/c1-7-6-9-8(11(7)13)4-5-10(14-2)12(9)15-3/h4-5,7H,6H2,1-3H3/t7-/m1/s1. The average molecular weight is 206 g/mol. The lowest BCUT2D eigenvalue weighted by Gasteiger charge is -2.11. The topological polar surface area (TPSA) is 35.5 Å². The molecule has 0 amide bonds. The van der Waals surface area contributed by atoms with Gasteiger partial charge in [0.15, 0.2) is 17.3 Å². The van der Waals surface area contributed by atoms with Gasteiger partial charge in [-0.05, 0) is 18.6 Å². The summed E-state index contributed by atoms with van der Waals surface area (Å²) in [4.78, 5) is 11.8. The molecule has 0 saturated carbocycles. The van der Waals surface area contributed by atoms with E-state index in [2.05, 4.69) is 0 Å². The third-order valence-electron chi connectivity index (χ3n) is 2.87. The Bertz CT molecular complexity index is 410. The molecule has 1 aromatic rings. The molecule has 0 N–H and O–H groups in total. The van der Waals surface area contributed by atoms with Gasteiger partial charge in [0.2, 0.25) is 0 Å². The van der Waals surface area contributed by atoms with Crippen LogP contribution in [0.1, 0.15) is 22.8 Å². The molecule has 0 unspecified atom stereocenters. The van der Waals surface area contributed by atoms with Crippen LogP contribution in [0.2, 0.25) is 0 Å². The summed E-state index contributed by atoms with van der Waals surface area (Å²) >= 11 is 0. The minimum Gasteiger partial charge on any atom is -0.493 e. The Kier molecular flexibility index (Phi) is 2.39. The van der Waals surface area contributed by atoms with E-state index < -0.39 is 0 Å². The second-order valence-electron chi connectivity index (χ2n) is 3.80. The molecule has 1 aliphatic rings. The highest BCUT2D eigenvalue weighted by Crippen LogP contribution is 2.39. The number of hydrogen-bond acceptors (Lipinski definition) is 3. The zero-order chi connectivity index (χ0) is 11.0. The van der Waals surface area contributed by atoms with Crippen LogP contribution in [-0.2, 0) is 6.42 Å². The fourth-order valence-electron chi connectivity index (χ4n) is 2.09. The van der Waals surface area contributed by atoms with E-state index in [1.54, 1.807) is 20.3 Å². The van der Waals surface area contributed by atoms with Crippen molar-refractivity contribution in [1.82, 2.24) is 0 Å². The Labute approximate surface area is 89.0 Å². The van der Waals surface area contributed by atoms with E-state index in [4.69, 9.17) is 9.47 Å². The Morgan fingerprint density at radius 3 is 2.60 bits per heavy atom. The summed E-state index contributed by atoms with van der Waals surface area (Å²) in [7, 11) is 3.20. The van der Waals surface area contributed by atoms with Crippen molar-refractivity contribution in [2.75, 3.05) is 14.2 Å². The zero-order valence-corrected chi connectivity index (χ0v) is 9.16. The highest BCUT2D eigenvalue weighted by atomic mass is 16.5. The summed E-state index contributed by atoms with van der Waals surface area (Å²) in [6.45, 7) is 1.94. The van der Waals surface area contributed by atoms with Gasteiger partial charge >= 0.3 is 0 Å². The van der Waals surface area contributed by atoms with E-state index in [9.17, 15) is 4.79 Å². The van der Waals surface area contributed by atoms with E-state index in [1.807, 2.05) is 13.0 Å². The van der Waals surface area contributed by atoms with Crippen LogP contribution >= 0.6 is 0 Å². The van der Waals surface area contributed by atoms with Gasteiger partial charge in [0, 0.05) is 17.0 Å². The SMILES string of the molecule is COc1ccc2c(c1OC)C[C@@H](C)C2=O. The molecule has 1 aromatic carbocycles. The molecule has 0 saturated heterocycles.